The molecule has 3 nitrogen and oxygen atoms in total. The maximum Gasteiger partial charge on any atom is 0.224 e. The first-order valence-electron chi connectivity index (χ1n) is 7.64. The fourth-order valence-electron chi connectivity index (χ4n) is 3.06. The Balaban J connectivity index is 0.00000208. The van der Waals surface area contributed by atoms with Crippen molar-refractivity contribution in [2.75, 3.05) is 5.73 Å². The van der Waals surface area contributed by atoms with Gasteiger partial charge in [-0.25, -0.2) is 4.39 Å². The number of rotatable bonds is 3. The minimum Gasteiger partial charge on any atom is -0.399 e. The van der Waals surface area contributed by atoms with E-state index in [-0.39, 0.29) is 36.6 Å². The number of fused-ring (bicyclic) bond motifs is 1. The van der Waals surface area contributed by atoms with Crippen LogP contribution < -0.4 is 11.1 Å². The molecule has 2 aromatic carbocycles. The fourth-order valence-corrected chi connectivity index (χ4v) is 3.49. The fraction of sp³-hybridized carbons (Fsp3) is 0.278. The molecule has 0 aromatic heterocycles. The number of hydrogen-bond donors (Lipinski definition) is 2. The Labute approximate surface area is 155 Å². The van der Waals surface area contributed by atoms with E-state index in [1.54, 1.807) is 12.1 Å². The van der Waals surface area contributed by atoms with E-state index in [1.807, 2.05) is 18.2 Å². The molecular formula is C18H19BrClFN2O. The molecule has 1 aliphatic rings. The summed E-state index contributed by atoms with van der Waals surface area (Å²) < 4.78 is 13.6. The molecule has 0 fully saturated rings. The summed E-state index contributed by atoms with van der Waals surface area (Å²) in [6, 6.07) is 10.5. The number of carbonyl (C=O) groups is 1. The van der Waals surface area contributed by atoms with Crippen molar-refractivity contribution in [2.45, 2.75) is 31.7 Å². The number of halogens is 3. The lowest BCUT2D eigenvalue weighted by Crippen LogP contribution is -2.32. The molecule has 6 heteroatoms. The lowest BCUT2D eigenvalue weighted by molar-refractivity contribution is -0.121. The summed E-state index contributed by atoms with van der Waals surface area (Å²) in [6.07, 6.45) is 3.19. The maximum absolute atomic E-state index is 13.2. The van der Waals surface area contributed by atoms with Crippen molar-refractivity contribution in [3.63, 3.8) is 0 Å². The predicted octanol–water partition coefficient (Wildman–Crippen LogP) is 4.33. The molecule has 3 N–H and O–H groups in total. The van der Waals surface area contributed by atoms with Crippen LogP contribution in [0.5, 0.6) is 0 Å². The van der Waals surface area contributed by atoms with Gasteiger partial charge in [0.05, 0.1) is 16.9 Å². The van der Waals surface area contributed by atoms with Crippen LogP contribution in [-0.2, 0) is 17.6 Å². The zero-order chi connectivity index (χ0) is 16.4. The van der Waals surface area contributed by atoms with Gasteiger partial charge in [0, 0.05) is 5.69 Å². The average molecular weight is 414 g/mol. The molecule has 1 amide bonds. The van der Waals surface area contributed by atoms with Crippen LogP contribution in [-0.4, -0.2) is 5.91 Å². The summed E-state index contributed by atoms with van der Waals surface area (Å²) >= 11 is 3.14. The van der Waals surface area contributed by atoms with Gasteiger partial charge >= 0.3 is 0 Å². The van der Waals surface area contributed by atoms with Crippen molar-refractivity contribution < 1.29 is 9.18 Å². The number of nitrogens with two attached hydrogens (primary N) is 1. The molecule has 2 aromatic rings. The predicted molar refractivity (Wildman–Crippen MR) is 99.7 cm³/mol. The standard InChI is InChI=1S/C18H18BrFN2O.ClH/c19-15-8-11(4-7-16(15)20)9-18(23)22-17-3-1-2-12-10-13(21)5-6-14(12)17;/h4-8,10,17H,1-3,9,21H2,(H,22,23);1H. The Morgan fingerprint density at radius 3 is 2.83 bits per heavy atom. The van der Waals surface area contributed by atoms with E-state index in [1.165, 1.54) is 11.6 Å². The van der Waals surface area contributed by atoms with Crippen LogP contribution in [0.2, 0.25) is 0 Å². The normalized spacial score (nSPS) is 16.0. The molecular weight excluding hydrogens is 395 g/mol. The highest BCUT2D eigenvalue weighted by Crippen LogP contribution is 2.31. The number of carbonyl (C=O) groups excluding carboxylic acids is 1. The molecule has 1 aliphatic carbocycles. The van der Waals surface area contributed by atoms with Gasteiger partial charge in [0.15, 0.2) is 0 Å². The summed E-state index contributed by atoms with van der Waals surface area (Å²) in [5, 5.41) is 3.09. The van der Waals surface area contributed by atoms with Crippen molar-refractivity contribution in [2.24, 2.45) is 0 Å². The number of nitrogen functional groups attached to an aromatic ring is 1. The third-order valence-corrected chi connectivity index (χ3v) is 4.77. The topological polar surface area (TPSA) is 55.1 Å². The third-order valence-electron chi connectivity index (χ3n) is 4.17. The van der Waals surface area contributed by atoms with E-state index in [0.29, 0.717) is 4.47 Å². The lowest BCUT2D eigenvalue weighted by atomic mass is 9.87. The third kappa shape index (κ3) is 4.28. The van der Waals surface area contributed by atoms with Crippen molar-refractivity contribution in [1.29, 1.82) is 0 Å². The molecule has 24 heavy (non-hydrogen) atoms. The van der Waals surface area contributed by atoms with E-state index in [0.717, 1.165) is 36.1 Å². The Kier molecular flexibility index (Phi) is 6.24. The summed E-state index contributed by atoms with van der Waals surface area (Å²) in [7, 11) is 0. The van der Waals surface area contributed by atoms with Crippen LogP contribution in [0.15, 0.2) is 40.9 Å². The second kappa shape index (κ2) is 7.99. The van der Waals surface area contributed by atoms with Crippen molar-refractivity contribution in [3.05, 3.63) is 63.4 Å². The van der Waals surface area contributed by atoms with Gasteiger partial charge in [-0.05, 0) is 76.1 Å². The number of hydrogen-bond acceptors (Lipinski definition) is 2. The van der Waals surface area contributed by atoms with Crippen molar-refractivity contribution >= 4 is 39.9 Å². The van der Waals surface area contributed by atoms with Crippen LogP contribution in [0.1, 0.15) is 35.6 Å². The number of anilines is 1. The van der Waals surface area contributed by atoms with Gasteiger partial charge < -0.3 is 11.1 Å². The smallest absolute Gasteiger partial charge is 0.224 e. The molecule has 0 bridgehead atoms. The molecule has 0 spiro atoms. The number of amides is 1. The van der Waals surface area contributed by atoms with Gasteiger partial charge in [-0.2, -0.15) is 0 Å². The van der Waals surface area contributed by atoms with Crippen molar-refractivity contribution in [3.8, 4) is 0 Å². The van der Waals surface area contributed by atoms with E-state index in [2.05, 4.69) is 21.2 Å². The first-order chi connectivity index (χ1) is 11.0. The molecule has 128 valence electrons. The van der Waals surface area contributed by atoms with Crippen molar-refractivity contribution in [1.82, 2.24) is 5.32 Å². The summed E-state index contributed by atoms with van der Waals surface area (Å²) in [5.41, 5.74) is 9.74. The molecule has 3 rings (SSSR count). The number of benzene rings is 2. The van der Waals surface area contributed by atoms with Gasteiger partial charge in [0.1, 0.15) is 5.82 Å². The summed E-state index contributed by atoms with van der Waals surface area (Å²) in [4.78, 5) is 12.3. The van der Waals surface area contributed by atoms with Gasteiger partial charge in [-0.3, -0.25) is 4.79 Å². The first kappa shape index (κ1) is 18.7. The van der Waals surface area contributed by atoms with E-state index in [9.17, 15) is 9.18 Å². The van der Waals surface area contributed by atoms with Gasteiger partial charge in [0.25, 0.3) is 0 Å². The first-order valence-corrected chi connectivity index (χ1v) is 8.44. The summed E-state index contributed by atoms with van der Waals surface area (Å²) in [6.45, 7) is 0. The molecule has 0 saturated heterocycles. The van der Waals surface area contributed by atoms with Crippen LogP contribution >= 0.6 is 28.3 Å². The Bertz CT molecular complexity index is 754. The number of nitrogens with one attached hydrogen (secondary N) is 1. The van der Waals surface area contributed by atoms with Crippen LogP contribution in [0, 0.1) is 5.82 Å². The quantitative estimate of drug-likeness (QED) is 0.736. The minimum absolute atomic E-state index is 0. The number of aryl methyl sites for hydroxylation is 1. The molecule has 0 radical (unpaired) electrons. The zero-order valence-corrected chi connectivity index (χ0v) is 15.4. The average Bonchev–Trinajstić information content (AvgIpc) is 2.51. The van der Waals surface area contributed by atoms with Crippen LogP contribution in [0.25, 0.3) is 0 Å². The Morgan fingerprint density at radius 1 is 1.29 bits per heavy atom. The minimum atomic E-state index is -0.326. The molecule has 0 aliphatic heterocycles. The second-order valence-corrected chi connectivity index (χ2v) is 6.75. The van der Waals surface area contributed by atoms with Gasteiger partial charge in [-0.1, -0.05) is 12.1 Å². The molecule has 0 heterocycles. The van der Waals surface area contributed by atoms with E-state index < -0.39 is 0 Å². The highest BCUT2D eigenvalue weighted by molar-refractivity contribution is 9.10. The Morgan fingerprint density at radius 2 is 2.08 bits per heavy atom. The SMILES string of the molecule is Cl.Nc1ccc2c(c1)CCCC2NC(=O)Cc1ccc(F)c(Br)c1. The molecule has 1 atom stereocenters. The van der Waals surface area contributed by atoms with E-state index in [4.69, 9.17) is 5.73 Å². The zero-order valence-electron chi connectivity index (χ0n) is 13.0. The molecule has 0 saturated carbocycles. The highest BCUT2D eigenvalue weighted by Gasteiger charge is 2.22. The van der Waals surface area contributed by atoms with Gasteiger partial charge in [0.2, 0.25) is 5.91 Å². The largest absolute Gasteiger partial charge is 0.399 e. The Hall–Kier alpha value is -1.59. The van der Waals surface area contributed by atoms with Crippen LogP contribution in [0.4, 0.5) is 10.1 Å². The maximum atomic E-state index is 13.2. The van der Waals surface area contributed by atoms with E-state index >= 15 is 0 Å². The summed E-state index contributed by atoms with van der Waals surface area (Å²) in [5.74, 6) is -0.383. The highest BCUT2D eigenvalue weighted by atomic mass is 79.9. The van der Waals surface area contributed by atoms with Crippen LogP contribution in [0.3, 0.4) is 0 Å². The second-order valence-electron chi connectivity index (χ2n) is 5.90. The van der Waals surface area contributed by atoms with Gasteiger partial charge in [-0.15, -0.1) is 12.4 Å². The monoisotopic (exact) mass is 412 g/mol. The lowest BCUT2D eigenvalue weighted by Gasteiger charge is -2.26. The molecule has 1 unspecified atom stereocenters.